The van der Waals surface area contributed by atoms with E-state index < -0.39 is 56.7 Å². The number of rotatable bonds is 14. The molecule has 1 saturated heterocycles. The summed E-state index contributed by atoms with van der Waals surface area (Å²) < 4.78 is 27.5. The zero-order valence-corrected chi connectivity index (χ0v) is 29.3. The normalized spacial score (nSPS) is 26.0. The number of likely N-dealkylation sites (tertiary alicyclic amines) is 1. The fourth-order valence-corrected chi connectivity index (χ4v) is 8.53. The summed E-state index contributed by atoms with van der Waals surface area (Å²) in [5.41, 5.74) is 6.12. The summed E-state index contributed by atoms with van der Waals surface area (Å²) >= 11 is 0. The average Bonchev–Trinajstić information content (AvgIpc) is 3.99. The summed E-state index contributed by atoms with van der Waals surface area (Å²) in [5.74, 6) is -1.87. The fourth-order valence-electron chi connectivity index (χ4n) is 7.17. The van der Waals surface area contributed by atoms with Crippen LogP contribution < -0.4 is 15.5 Å². The van der Waals surface area contributed by atoms with Crippen molar-refractivity contribution in [2.45, 2.75) is 87.8 Å². The molecule has 1 aliphatic heterocycles. The lowest BCUT2D eigenvalue weighted by atomic mass is 9.86. The molecule has 13 heteroatoms. The standard InChI is InChI=1S/C37H45N5O7S/c1-4-24-19-37(24,36(45)41-50(46,47)26-16-17-26)38-34(43)31-18-25(20-42(31)35(44)32(22(2)3)39-48-21-23-10-9-11-23)49-40-33-29-14-7-5-12-27(29)28-13-6-8-15-30(28)33/h4-8,12-15,22-26,31-32,39H,1,9-11,16-21H2,2-3H3,(H,38,43)(H,41,45)/t24-,25-,31+,32-,37+/m1/s1. The molecule has 7 rings (SSSR count). The Morgan fingerprint density at radius 3 is 2.20 bits per heavy atom. The Hall–Kier alpha value is -4.07. The van der Waals surface area contributed by atoms with E-state index in [1.807, 2.05) is 62.4 Å². The van der Waals surface area contributed by atoms with Crippen LogP contribution >= 0.6 is 0 Å². The van der Waals surface area contributed by atoms with E-state index in [1.54, 1.807) is 6.08 Å². The molecule has 3 amide bonds. The van der Waals surface area contributed by atoms with Gasteiger partial charge in [-0.15, -0.1) is 6.58 Å². The van der Waals surface area contributed by atoms with Gasteiger partial charge in [0.15, 0.2) is 0 Å². The van der Waals surface area contributed by atoms with Crippen LogP contribution in [0.15, 0.2) is 66.3 Å². The number of sulfonamides is 1. The van der Waals surface area contributed by atoms with Crippen molar-refractivity contribution < 1.29 is 32.5 Å². The van der Waals surface area contributed by atoms with Gasteiger partial charge in [-0.1, -0.05) is 80.0 Å². The Kier molecular flexibility index (Phi) is 9.33. The van der Waals surface area contributed by atoms with E-state index in [2.05, 4.69) is 27.3 Å². The van der Waals surface area contributed by atoms with E-state index in [9.17, 15) is 22.8 Å². The van der Waals surface area contributed by atoms with Crippen molar-refractivity contribution in [2.75, 3.05) is 13.2 Å². The van der Waals surface area contributed by atoms with Gasteiger partial charge >= 0.3 is 0 Å². The first-order valence-electron chi connectivity index (χ1n) is 17.6. The maximum atomic E-state index is 14.2. The van der Waals surface area contributed by atoms with Crippen LogP contribution in [0.25, 0.3) is 11.1 Å². The molecule has 0 unspecified atom stereocenters. The number of hydroxylamine groups is 1. The molecule has 0 bridgehead atoms. The lowest BCUT2D eigenvalue weighted by Crippen LogP contribution is -2.58. The topological polar surface area (TPSA) is 156 Å². The van der Waals surface area contributed by atoms with Gasteiger partial charge in [0.2, 0.25) is 21.8 Å². The average molecular weight is 704 g/mol. The summed E-state index contributed by atoms with van der Waals surface area (Å²) in [4.78, 5) is 55.2. The van der Waals surface area contributed by atoms with Crippen LogP contribution in [-0.4, -0.2) is 78.9 Å². The summed E-state index contributed by atoms with van der Waals surface area (Å²) in [6, 6.07) is 14.1. The second-order valence-electron chi connectivity index (χ2n) is 14.6. The highest BCUT2D eigenvalue weighted by Crippen LogP contribution is 2.45. The Morgan fingerprint density at radius 1 is 1.02 bits per heavy atom. The molecule has 4 fully saturated rings. The molecule has 3 N–H and O–H groups in total. The quantitative estimate of drug-likeness (QED) is 0.171. The maximum absolute atomic E-state index is 14.2. The van der Waals surface area contributed by atoms with Gasteiger partial charge in [-0.2, -0.15) is 5.48 Å². The molecule has 266 valence electrons. The third kappa shape index (κ3) is 6.58. The number of hydrogen-bond donors (Lipinski definition) is 3. The number of fused-ring (bicyclic) bond motifs is 3. The third-order valence-electron chi connectivity index (χ3n) is 10.7. The molecule has 2 aromatic carbocycles. The van der Waals surface area contributed by atoms with Crippen molar-refractivity contribution in [1.82, 2.24) is 20.4 Å². The van der Waals surface area contributed by atoms with Crippen LogP contribution in [0.1, 0.15) is 69.9 Å². The molecule has 4 aliphatic carbocycles. The van der Waals surface area contributed by atoms with Crippen molar-refractivity contribution >= 4 is 33.5 Å². The van der Waals surface area contributed by atoms with Crippen LogP contribution in [0.2, 0.25) is 0 Å². The van der Waals surface area contributed by atoms with Crippen molar-refractivity contribution in [1.29, 1.82) is 0 Å². The molecule has 50 heavy (non-hydrogen) atoms. The van der Waals surface area contributed by atoms with Crippen LogP contribution in [0.3, 0.4) is 0 Å². The number of carbonyl (C=O) groups excluding carboxylic acids is 3. The molecule has 0 spiro atoms. The van der Waals surface area contributed by atoms with E-state index in [4.69, 9.17) is 9.68 Å². The SMILES string of the molecule is C=C[C@@H]1C[C@@]1(NC(=O)[C@@H]1C[C@@H](ON=C2c3ccccc3-c3ccccc32)CN1C(=O)[C@H](NOCC1CCC1)C(C)C)C(=O)NS(=O)(=O)C1CC1. The van der Waals surface area contributed by atoms with Crippen LogP contribution in [0.5, 0.6) is 0 Å². The summed E-state index contributed by atoms with van der Waals surface area (Å²) in [7, 11) is -3.85. The van der Waals surface area contributed by atoms with E-state index in [0.29, 0.717) is 31.1 Å². The summed E-state index contributed by atoms with van der Waals surface area (Å²) in [6.45, 7) is 8.17. The van der Waals surface area contributed by atoms with E-state index in [1.165, 1.54) is 11.3 Å². The summed E-state index contributed by atoms with van der Waals surface area (Å²) in [5, 5.41) is 6.84. The molecule has 1 heterocycles. The molecular formula is C37H45N5O7S. The van der Waals surface area contributed by atoms with Gasteiger partial charge in [0.25, 0.3) is 5.91 Å². The largest absolute Gasteiger partial charge is 0.390 e. The van der Waals surface area contributed by atoms with Crippen molar-refractivity contribution in [3.8, 4) is 11.1 Å². The first-order chi connectivity index (χ1) is 24.0. The molecular weight excluding hydrogens is 659 g/mol. The lowest BCUT2D eigenvalue weighted by molar-refractivity contribution is -0.146. The van der Waals surface area contributed by atoms with Gasteiger partial charge in [0, 0.05) is 23.5 Å². The van der Waals surface area contributed by atoms with Gasteiger partial charge in [0.05, 0.1) is 18.4 Å². The highest BCUT2D eigenvalue weighted by molar-refractivity contribution is 7.91. The van der Waals surface area contributed by atoms with E-state index >= 15 is 0 Å². The van der Waals surface area contributed by atoms with Crippen LogP contribution in [0.4, 0.5) is 0 Å². The number of nitrogens with one attached hydrogen (secondary N) is 3. The Labute approximate surface area is 293 Å². The number of amides is 3. The first-order valence-corrected chi connectivity index (χ1v) is 19.2. The second-order valence-corrected chi connectivity index (χ2v) is 16.6. The van der Waals surface area contributed by atoms with E-state index in [0.717, 1.165) is 35.1 Å². The molecule has 5 aliphatic rings. The minimum Gasteiger partial charge on any atom is -0.390 e. The third-order valence-corrected chi connectivity index (χ3v) is 12.6. The van der Waals surface area contributed by atoms with Gasteiger partial charge in [-0.25, -0.2) is 8.42 Å². The van der Waals surface area contributed by atoms with Crippen LogP contribution in [-0.2, 0) is 34.1 Å². The highest BCUT2D eigenvalue weighted by Gasteiger charge is 2.62. The van der Waals surface area contributed by atoms with Gasteiger partial charge in [0.1, 0.15) is 29.4 Å². The predicted octanol–water partition coefficient (Wildman–Crippen LogP) is 3.42. The molecule has 3 saturated carbocycles. The smallest absolute Gasteiger partial charge is 0.259 e. The monoisotopic (exact) mass is 703 g/mol. The zero-order chi connectivity index (χ0) is 35.2. The molecule has 0 radical (unpaired) electrons. The fraction of sp³-hybridized carbons (Fsp3) is 0.514. The second kappa shape index (κ2) is 13.6. The highest BCUT2D eigenvalue weighted by atomic mass is 32.2. The maximum Gasteiger partial charge on any atom is 0.259 e. The minimum absolute atomic E-state index is 0.0741. The lowest BCUT2D eigenvalue weighted by Gasteiger charge is -2.32. The Morgan fingerprint density at radius 2 is 1.66 bits per heavy atom. The summed E-state index contributed by atoms with van der Waals surface area (Å²) in [6.07, 6.45) is 5.56. The van der Waals surface area contributed by atoms with Gasteiger partial charge in [-0.3, -0.25) is 19.1 Å². The number of nitrogens with zero attached hydrogens (tertiary/aromatic N) is 2. The number of hydrogen-bond acceptors (Lipinski definition) is 9. The van der Waals surface area contributed by atoms with Crippen molar-refractivity contribution in [3.63, 3.8) is 0 Å². The number of oxime groups is 1. The van der Waals surface area contributed by atoms with Crippen molar-refractivity contribution in [3.05, 3.63) is 72.3 Å². The van der Waals surface area contributed by atoms with Gasteiger partial charge in [-0.05, 0) is 55.1 Å². The van der Waals surface area contributed by atoms with Crippen LogP contribution in [0, 0.1) is 17.8 Å². The van der Waals surface area contributed by atoms with Gasteiger partial charge < -0.3 is 19.9 Å². The van der Waals surface area contributed by atoms with Crippen molar-refractivity contribution in [2.24, 2.45) is 22.9 Å². The van der Waals surface area contributed by atoms with E-state index in [-0.39, 0.29) is 31.2 Å². The number of benzene rings is 2. The molecule has 2 aromatic rings. The number of carbonyl (C=O) groups is 3. The predicted molar refractivity (Wildman–Crippen MR) is 187 cm³/mol. The zero-order valence-electron chi connectivity index (χ0n) is 28.5. The first kappa shape index (κ1) is 34.4. The Balaban J connectivity index is 1.13. The minimum atomic E-state index is -3.85. The molecule has 5 atom stereocenters. The molecule has 0 aromatic heterocycles. The Bertz CT molecular complexity index is 1770. The molecule has 12 nitrogen and oxygen atoms in total.